The Hall–Kier alpha value is -1.78. The molecule has 2 N–H and O–H groups in total. The quantitative estimate of drug-likeness (QED) is 0.817. The van der Waals surface area contributed by atoms with Crippen LogP contribution in [0.2, 0.25) is 10.2 Å². The number of amides is 2. The van der Waals surface area contributed by atoms with E-state index in [1.165, 1.54) is 6.20 Å². The van der Waals surface area contributed by atoms with Gasteiger partial charge in [-0.25, -0.2) is 9.78 Å². The number of carbonyl (C=O) groups is 1. The molecular formula is C12H9Cl2N3O. The molecule has 0 fully saturated rings. The lowest BCUT2D eigenvalue weighted by atomic mass is 10.3. The molecule has 0 aliphatic heterocycles. The van der Waals surface area contributed by atoms with Crippen molar-refractivity contribution in [2.75, 3.05) is 10.6 Å². The highest BCUT2D eigenvalue weighted by atomic mass is 35.5. The molecule has 0 atom stereocenters. The summed E-state index contributed by atoms with van der Waals surface area (Å²) >= 11 is 11.5. The molecule has 92 valence electrons. The second-order valence-corrected chi connectivity index (χ2v) is 4.28. The summed E-state index contributed by atoms with van der Waals surface area (Å²) in [7, 11) is 0. The van der Waals surface area contributed by atoms with Crippen LogP contribution in [-0.2, 0) is 0 Å². The lowest BCUT2D eigenvalue weighted by molar-refractivity contribution is 0.262. The first kappa shape index (κ1) is 12.7. The Bertz CT molecular complexity index is 525. The van der Waals surface area contributed by atoms with Crippen molar-refractivity contribution >= 4 is 40.6 Å². The molecule has 0 saturated heterocycles. The zero-order chi connectivity index (χ0) is 13.0. The Kier molecular flexibility index (Phi) is 4.02. The molecule has 18 heavy (non-hydrogen) atoms. The molecule has 2 amide bonds. The van der Waals surface area contributed by atoms with E-state index in [0.717, 1.165) is 0 Å². The van der Waals surface area contributed by atoms with Gasteiger partial charge in [0.1, 0.15) is 5.15 Å². The van der Waals surface area contributed by atoms with E-state index in [1.807, 2.05) is 0 Å². The first-order chi connectivity index (χ1) is 8.63. The third-order valence-electron chi connectivity index (χ3n) is 2.07. The Balaban J connectivity index is 2.01. The van der Waals surface area contributed by atoms with Gasteiger partial charge in [-0.2, -0.15) is 0 Å². The van der Waals surface area contributed by atoms with Crippen molar-refractivity contribution in [2.45, 2.75) is 0 Å². The lowest BCUT2D eigenvalue weighted by Crippen LogP contribution is -2.19. The Morgan fingerprint density at radius 3 is 2.44 bits per heavy atom. The van der Waals surface area contributed by atoms with Crippen LogP contribution in [0.4, 0.5) is 16.2 Å². The molecule has 0 spiro atoms. The van der Waals surface area contributed by atoms with Gasteiger partial charge in [-0.05, 0) is 30.3 Å². The Morgan fingerprint density at radius 1 is 1.06 bits per heavy atom. The van der Waals surface area contributed by atoms with E-state index >= 15 is 0 Å². The summed E-state index contributed by atoms with van der Waals surface area (Å²) in [5.41, 5.74) is 1.18. The average molecular weight is 282 g/mol. The highest BCUT2D eigenvalue weighted by molar-refractivity contribution is 6.31. The minimum Gasteiger partial charge on any atom is -0.308 e. The van der Waals surface area contributed by atoms with Crippen LogP contribution in [0.1, 0.15) is 0 Å². The number of halogens is 2. The highest BCUT2D eigenvalue weighted by Gasteiger charge is 2.03. The maximum atomic E-state index is 11.7. The number of rotatable bonds is 2. The molecule has 0 saturated carbocycles. The summed E-state index contributed by atoms with van der Waals surface area (Å²) in [6.07, 6.45) is 1.51. The first-order valence-electron chi connectivity index (χ1n) is 5.08. The molecule has 6 heteroatoms. The zero-order valence-electron chi connectivity index (χ0n) is 9.15. The van der Waals surface area contributed by atoms with Gasteiger partial charge in [0.2, 0.25) is 0 Å². The van der Waals surface area contributed by atoms with Crippen LogP contribution >= 0.6 is 23.2 Å². The lowest BCUT2D eigenvalue weighted by Gasteiger charge is -2.07. The topological polar surface area (TPSA) is 54.0 Å². The third-order valence-corrected chi connectivity index (χ3v) is 2.51. The number of aromatic nitrogens is 1. The van der Waals surface area contributed by atoms with E-state index in [9.17, 15) is 4.79 Å². The number of nitrogens with one attached hydrogen (secondary N) is 2. The molecular weight excluding hydrogens is 273 g/mol. The van der Waals surface area contributed by atoms with Gasteiger partial charge in [-0.3, -0.25) is 0 Å². The van der Waals surface area contributed by atoms with Gasteiger partial charge < -0.3 is 10.6 Å². The normalized spacial score (nSPS) is 9.89. The van der Waals surface area contributed by atoms with Crippen molar-refractivity contribution < 1.29 is 4.79 Å². The summed E-state index contributed by atoms with van der Waals surface area (Å²) in [6, 6.07) is 9.70. The number of urea groups is 1. The molecule has 0 aliphatic rings. The number of nitrogens with zero attached hydrogens (tertiary/aromatic N) is 1. The number of hydrogen-bond acceptors (Lipinski definition) is 2. The van der Waals surface area contributed by atoms with E-state index in [-0.39, 0.29) is 6.03 Å². The highest BCUT2D eigenvalue weighted by Crippen LogP contribution is 2.16. The molecule has 0 radical (unpaired) electrons. The SMILES string of the molecule is O=C(Nc1cccc(Cl)c1)Nc1ccnc(Cl)c1. The molecule has 0 bridgehead atoms. The fourth-order valence-electron chi connectivity index (χ4n) is 1.34. The van der Waals surface area contributed by atoms with Crippen LogP contribution in [0.3, 0.4) is 0 Å². The van der Waals surface area contributed by atoms with Crippen LogP contribution in [-0.4, -0.2) is 11.0 Å². The summed E-state index contributed by atoms with van der Waals surface area (Å²) in [6.45, 7) is 0. The van der Waals surface area contributed by atoms with Crippen LogP contribution in [0.5, 0.6) is 0 Å². The van der Waals surface area contributed by atoms with Crippen LogP contribution in [0, 0.1) is 0 Å². The molecule has 4 nitrogen and oxygen atoms in total. The van der Waals surface area contributed by atoms with Gasteiger partial charge in [0.25, 0.3) is 0 Å². The Morgan fingerprint density at radius 2 is 1.78 bits per heavy atom. The van der Waals surface area contributed by atoms with Crippen LogP contribution in [0.25, 0.3) is 0 Å². The fourth-order valence-corrected chi connectivity index (χ4v) is 1.70. The van der Waals surface area contributed by atoms with Crippen LogP contribution in [0.15, 0.2) is 42.6 Å². The minimum absolute atomic E-state index is 0.315. The fraction of sp³-hybridized carbons (Fsp3) is 0. The summed E-state index contributed by atoms with van der Waals surface area (Å²) < 4.78 is 0. The number of pyridine rings is 1. The second-order valence-electron chi connectivity index (χ2n) is 3.46. The maximum Gasteiger partial charge on any atom is 0.323 e. The van der Waals surface area contributed by atoms with E-state index < -0.39 is 0 Å². The van der Waals surface area contributed by atoms with Gasteiger partial charge in [0, 0.05) is 22.6 Å². The third kappa shape index (κ3) is 3.61. The maximum absolute atomic E-state index is 11.7. The monoisotopic (exact) mass is 281 g/mol. The molecule has 1 aromatic heterocycles. The van der Waals surface area contributed by atoms with Crippen LogP contribution < -0.4 is 10.6 Å². The van der Waals surface area contributed by atoms with Crippen molar-refractivity contribution in [2.24, 2.45) is 0 Å². The number of hydrogen-bond donors (Lipinski definition) is 2. The van der Waals surface area contributed by atoms with E-state index in [0.29, 0.717) is 21.6 Å². The largest absolute Gasteiger partial charge is 0.323 e. The number of benzene rings is 1. The Labute approximate surface area is 114 Å². The molecule has 1 heterocycles. The van der Waals surface area contributed by atoms with E-state index in [4.69, 9.17) is 23.2 Å². The predicted molar refractivity (Wildman–Crippen MR) is 73.3 cm³/mol. The van der Waals surface area contributed by atoms with Gasteiger partial charge in [0.05, 0.1) is 0 Å². The summed E-state index contributed by atoms with van der Waals surface area (Å²) in [5, 5.41) is 6.16. The van der Waals surface area contributed by atoms with E-state index in [1.54, 1.807) is 36.4 Å². The van der Waals surface area contributed by atoms with E-state index in [2.05, 4.69) is 15.6 Å². The zero-order valence-corrected chi connectivity index (χ0v) is 10.7. The van der Waals surface area contributed by atoms with Gasteiger partial charge in [0.15, 0.2) is 0 Å². The standard InChI is InChI=1S/C12H9Cl2N3O/c13-8-2-1-3-9(6-8)16-12(18)17-10-4-5-15-11(14)7-10/h1-7H,(H2,15,16,17,18). The van der Waals surface area contributed by atoms with Crippen molar-refractivity contribution in [3.63, 3.8) is 0 Å². The first-order valence-corrected chi connectivity index (χ1v) is 5.84. The molecule has 1 aromatic carbocycles. The second kappa shape index (κ2) is 5.71. The number of anilines is 2. The number of carbonyl (C=O) groups excluding carboxylic acids is 1. The smallest absolute Gasteiger partial charge is 0.308 e. The summed E-state index contributed by atoms with van der Waals surface area (Å²) in [5.74, 6) is 0. The van der Waals surface area contributed by atoms with Crippen molar-refractivity contribution in [3.8, 4) is 0 Å². The predicted octanol–water partition coefficient (Wildman–Crippen LogP) is 4.03. The van der Waals surface area contributed by atoms with Crippen molar-refractivity contribution in [1.82, 2.24) is 4.98 Å². The average Bonchev–Trinajstić information content (AvgIpc) is 2.28. The molecule has 2 aromatic rings. The summed E-state index contributed by atoms with van der Waals surface area (Å²) in [4.78, 5) is 15.5. The van der Waals surface area contributed by atoms with Crippen molar-refractivity contribution in [3.05, 3.63) is 52.8 Å². The van der Waals surface area contributed by atoms with Gasteiger partial charge in [-0.1, -0.05) is 29.3 Å². The van der Waals surface area contributed by atoms with Gasteiger partial charge in [-0.15, -0.1) is 0 Å². The van der Waals surface area contributed by atoms with Crippen molar-refractivity contribution in [1.29, 1.82) is 0 Å². The minimum atomic E-state index is -0.375. The molecule has 2 rings (SSSR count). The molecule has 0 unspecified atom stereocenters. The van der Waals surface area contributed by atoms with Gasteiger partial charge >= 0.3 is 6.03 Å². The molecule has 0 aliphatic carbocycles.